The van der Waals surface area contributed by atoms with Crippen LogP contribution in [0.25, 0.3) is 0 Å². The van der Waals surface area contributed by atoms with E-state index in [0.29, 0.717) is 23.4 Å². The molecule has 6 nitrogen and oxygen atoms in total. The van der Waals surface area contributed by atoms with Crippen LogP contribution in [0.5, 0.6) is 5.75 Å². The van der Waals surface area contributed by atoms with Crippen molar-refractivity contribution in [2.24, 2.45) is 0 Å². The van der Waals surface area contributed by atoms with E-state index in [1.165, 1.54) is 18.2 Å². The molecule has 0 heterocycles. The van der Waals surface area contributed by atoms with Gasteiger partial charge in [-0.05, 0) is 25.0 Å². The van der Waals surface area contributed by atoms with Gasteiger partial charge in [0.15, 0.2) is 0 Å². The average Bonchev–Trinajstić information content (AvgIpc) is 3.18. The lowest BCUT2D eigenvalue weighted by Gasteiger charge is -2.18. The monoisotopic (exact) mass is 333 g/mol. The molecule has 1 aliphatic rings. The molecule has 1 aromatic carbocycles. The van der Waals surface area contributed by atoms with Crippen molar-refractivity contribution in [1.82, 2.24) is 15.2 Å². The lowest BCUT2D eigenvalue weighted by Crippen LogP contribution is -2.36. The van der Waals surface area contributed by atoms with Crippen molar-refractivity contribution in [2.75, 3.05) is 21.2 Å². The number of nitrogens with zero attached hydrogens (tertiary/aromatic N) is 1. The van der Waals surface area contributed by atoms with Gasteiger partial charge >= 0.3 is 0 Å². The molecule has 0 aromatic heterocycles. The number of benzene rings is 1. The number of nitrogens with one attached hydrogen (secondary N) is 2. The van der Waals surface area contributed by atoms with Crippen molar-refractivity contribution >= 4 is 21.6 Å². The Morgan fingerprint density at radius 3 is 2.57 bits per heavy atom. The Morgan fingerprint density at radius 2 is 2.05 bits per heavy atom. The van der Waals surface area contributed by atoms with Crippen LogP contribution in [-0.4, -0.2) is 40.7 Å². The fourth-order valence-corrected chi connectivity index (χ4v) is 3.64. The van der Waals surface area contributed by atoms with E-state index < -0.39 is 10.0 Å². The zero-order valence-electron chi connectivity index (χ0n) is 12.3. The van der Waals surface area contributed by atoms with Crippen LogP contribution in [0.2, 0.25) is 5.02 Å². The summed E-state index contributed by atoms with van der Waals surface area (Å²) < 4.78 is 30.0. The number of sulfonamides is 1. The van der Waals surface area contributed by atoms with Gasteiger partial charge in [-0.15, -0.1) is 4.83 Å². The molecule has 118 valence electrons. The predicted molar refractivity (Wildman–Crippen MR) is 81.9 cm³/mol. The van der Waals surface area contributed by atoms with Gasteiger partial charge in [0.2, 0.25) is 0 Å². The molecule has 0 radical (unpaired) electrons. The topological polar surface area (TPSA) is 70.7 Å². The molecule has 1 aliphatic carbocycles. The number of methoxy groups -OCH3 is 1. The van der Waals surface area contributed by atoms with Crippen LogP contribution in [0.4, 0.5) is 0 Å². The van der Waals surface area contributed by atoms with Gasteiger partial charge in [0.25, 0.3) is 10.0 Å². The molecule has 0 bridgehead atoms. The first kappa shape index (κ1) is 16.5. The van der Waals surface area contributed by atoms with Gasteiger partial charge in [0.05, 0.1) is 7.11 Å². The molecule has 0 atom stereocenters. The molecule has 0 spiro atoms. The summed E-state index contributed by atoms with van der Waals surface area (Å²) in [4.78, 5) is 2.43. The minimum atomic E-state index is -3.73. The standard InChI is InChI=1S/C13H20ClN3O3S/c1-17(2)16-21(18,19)12-7-10(14)6-9(13(12)20-3)8-15-11-4-5-11/h6-7,11,15-16H,4-5,8H2,1-3H3. The van der Waals surface area contributed by atoms with Crippen molar-refractivity contribution in [3.8, 4) is 5.75 Å². The van der Waals surface area contributed by atoms with Crippen molar-refractivity contribution in [3.63, 3.8) is 0 Å². The molecular weight excluding hydrogens is 314 g/mol. The normalized spacial score (nSPS) is 15.5. The molecule has 2 rings (SSSR count). The van der Waals surface area contributed by atoms with Crippen molar-refractivity contribution in [2.45, 2.75) is 30.3 Å². The third kappa shape index (κ3) is 4.31. The minimum absolute atomic E-state index is 0.0406. The summed E-state index contributed by atoms with van der Waals surface area (Å²) in [5.41, 5.74) is 0.732. The van der Waals surface area contributed by atoms with Crippen molar-refractivity contribution in [3.05, 3.63) is 22.7 Å². The summed E-state index contributed by atoms with van der Waals surface area (Å²) in [6, 6.07) is 3.63. The lowest BCUT2D eigenvalue weighted by atomic mass is 10.2. The molecule has 0 saturated heterocycles. The summed E-state index contributed by atoms with van der Waals surface area (Å²) in [5.74, 6) is 0.321. The molecule has 0 unspecified atom stereocenters. The fraction of sp³-hybridized carbons (Fsp3) is 0.538. The molecular formula is C13H20ClN3O3S. The summed E-state index contributed by atoms with van der Waals surface area (Å²) in [7, 11) is 0.928. The summed E-state index contributed by atoms with van der Waals surface area (Å²) in [6.07, 6.45) is 2.30. The van der Waals surface area contributed by atoms with E-state index in [1.54, 1.807) is 20.2 Å². The number of ether oxygens (including phenoxy) is 1. The Balaban J connectivity index is 2.38. The van der Waals surface area contributed by atoms with Crippen LogP contribution in [0.3, 0.4) is 0 Å². The SMILES string of the molecule is COc1c(CNC2CC2)cc(Cl)cc1S(=O)(=O)NN(C)C. The molecule has 0 aliphatic heterocycles. The summed E-state index contributed by atoms with van der Waals surface area (Å²) in [6.45, 7) is 0.527. The van der Waals surface area contributed by atoms with Crippen LogP contribution in [0.15, 0.2) is 17.0 Å². The molecule has 1 fully saturated rings. The minimum Gasteiger partial charge on any atom is -0.495 e. The van der Waals surface area contributed by atoms with Gasteiger partial charge in [0.1, 0.15) is 10.6 Å². The molecule has 8 heteroatoms. The first-order valence-corrected chi connectivity index (χ1v) is 8.49. The van der Waals surface area contributed by atoms with Crippen LogP contribution in [-0.2, 0) is 16.6 Å². The van der Waals surface area contributed by atoms with Crippen LogP contribution < -0.4 is 14.9 Å². The van der Waals surface area contributed by atoms with E-state index in [0.717, 1.165) is 18.4 Å². The molecule has 0 amide bonds. The highest BCUT2D eigenvalue weighted by atomic mass is 35.5. The maximum absolute atomic E-state index is 12.4. The number of hydrogen-bond donors (Lipinski definition) is 2. The summed E-state index contributed by atoms with van der Waals surface area (Å²) >= 11 is 6.06. The van der Waals surface area contributed by atoms with Crippen LogP contribution >= 0.6 is 11.6 Å². The number of hydrazine groups is 1. The Kier molecular flexibility index (Phi) is 5.11. The van der Waals surface area contributed by atoms with Crippen molar-refractivity contribution < 1.29 is 13.2 Å². The Hall–Kier alpha value is -0.860. The van der Waals surface area contributed by atoms with E-state index in [4.69, 9.17) is 16.3 Å². The zero-order valence-corrected chi connectivity index (χ0v) is 13.9. The lowest BCUT2D eigenvalue weighted by molar-refractivity contribution is 0.359. The van der Waals surface area contributed by atoms with Gasteiger partial charge in [-0.2, -0.15) is 0 Å². The highest BCUT2D eigenvalue weighted by molar-refractivity contribution is 7.89. The highest BCUT2D eigenvalue weighted by Gasteiger charge is 2.25. The third-order valence-electron chi connectivity index (χ3n) is 3.05. The Labute approximate surface area is 130 Å². The number of rotatable bonds is 7. The Bertz CT molecular complexity index is 615. The number of hydrogen-bond acceptors (Lipinski definition) is 5. The molecule has 1 saturated carbocycles. The molecule has 2 N–H and O–H groups in total. The Morgan fingerprint density at radius 1 is 1.38 bits per heavy atom. The van der Waals surface area contributed by atoms with Gasteiger partial charge in [-0.3, -0.25) is 0 Å². The average molecular weight is 334 g/mol. The second kappa shape index (κ2) is 6.50. The first-order valence-electron chi connectivity index (χ1n) is 6.63. The highest BCUT2D eigenvalue weighted by Crippen LogP contribution is 2.32. The number of halogens is 1. The second-order valence-corrected chi connectivity index (χ2v) is 7.31. The maximum atomic E-state index is 12.4. The predicted octanol–water partition coefficient (Wildman–Crippen LogP) is 1.36. The van der Waals surface area contributed by atoms with Crippen molar-refractivity contribution in [1.29, 1.82) is 0 Å². The third-order valence-corrected chi connectivity index (χ3v) is 4.76. The van der Waals surface area contributed by atoms with Crippen LogP contribution in [0.1, 0.15) is 18.4 Å². The van der Waals surface area contributed by atoms with E-state index in [2.05, 4.69) is 10.1 Å². The van der Waals surface area contributed by atoms with E-state index in [1.807, 2.05) is 0 Å². The summed E-state index contributed by atoms with van der Waals surface area (Å²) in [5, 5.41) is 5.05. The van der Waals surface area contributed by atoms with Gasteiger partial charge in [-0.1, -0.05) is 11.6 Å². The van der Waals surface area contributed by atoms with Gasteiger partial charge < -0.3 is 10.1 Å². The molecule has 21 heavy (non-hydrogen) atoms. The van der Waals surface area contributed by atoms with E-state index >= 15 is 0 Å². The fourth-order valence-electron chi connectivity index (χ4n) is 2.02. The van der Waals surface area contributed by atoms with E-state index in [-0.39, 0.29) is 4.90 Å². The largest absolute Gasteiger partial charge is 0.495 e. The second-order valence-electron chi connectivity index (χ2n) is 5.24. The quantitative estimate of drug-likeness (QED) is 0.737. The van der Waals surface area contributed by atoms with Gasteiger partial charge in [0, 0.05) is 37.3 Å². The van der Waals surface area contributed by atoms with Gasteiger partial charge in [-0.25, -0.2) is 13.4 Å². The maximum Gasteiger partial charge on any atom is 0.257 e. The molecule has 1 aromatic rings. The zero-order chi connectivity index (χ0) is 15.6. The first-order chi connectivity index (χ1) is 9.83. The van der Waals surface area contributed by atoms with Crippen LogP contribution in [0, 0.1) is 0 Å². The smallest absolute Gasteiger partial charge is 0.257 e. The van der Waals surface area contributed by atoms with E-state index in [9.17, 15) is 8.42 Å².